The number of hydrogen-bond acceptors (Lipinski definition) is 1. The third kappa shape index (κ3) is 5.59. The molecule has 0 saturated heterocycles. The van der Waals surface area contributed by atoms with Crippen molar-refractivity contribution in [1.29, 1.82) is 0 Å². The van der Waals surface area contributed by atoms with Gasteiger partial charge >= 0.3 is 0 Å². The van der Waals surface area contributed by atoms with E-state index >= 15 is 0 Å². The highest BCUT2D eigenvalue weighted by Gasteiger charge is 2.32. The largest absolute Gasteiger partial charge is 0.490 e. The number of rotatable bonds is 7. The van der Waals surface area contributed by atoms with Crippen molar-refractivity contribution >= 4 is 0 Å². The van der Waals surface area contributed by atoms with Crippen molar-refractivity contribution in [2.24, 2.45) is 23.7 Å². The molecule has 2 aromatic rings. The second kappa shape index (κ2) is 11.0. The van der Waals surface area contributed by atoms with Crippen LogP contribution in [0.4, 0.5) is 8.78 Å². The van der Waals surface area contributed by atoms with Gasteiger partial charge in [0.1, 0.15) is 0 Å². The quantitative estimate of drug-likeness (QED) is 0.384. The van der Waals surface area contributed by atoms with Crippen molar-refractivity contribution in [3.05, 3.63) is 64.2 Å². The number of halogens is 2. The summed E-state index contributed by atoms with van der Waals surface area (Å²) in [5, 5.41) is 0. The Hall–Kier alpha value is -1.90. The minimum atomic E-state index is -0.848. The van der Waals surface area contributed by atoms with E-state index < -0.39 is 11.6 Å². The first kappa shape index (κ1) is 24.8. The van der Waals surface area contributed by atoms with Gasteiger partial charge in [-0.15, -0.1) is 0 Å². The first-order valence-corrected chi connectivity index (χ1v) is 14.2. The molecule has 0 heterocycles. The van der Waals surface area contributed by atoms with Gasteiger partial charge in [0.25, 0.3) is 0 Å². The lowest BCUT2D eigenvalue weighted by Gasteiger charge is -2.38. The molecule has 2 saturated carbocycles. The van der Waals surface area contributed by atoms with Gasteiger partial charge in [0.05, 0.1) is 6.61 Å². The molecule has 0 N–H and O–H groups in total. The summed E-state index contributed by atoms with van der Waals surface area (Å²) in [6.45, 7) is 4.38. The SMILES string of the molecule is CCCC1Cc2ccc(C3CCC(C4CCC(COc5ccc(C)c(F)c5F)CC4)CC3)cc2C1. The minimum Gasteiger partial charge on any atom is -0.490 e. The van der Waals surface area contributed by atoms with Crippen LogP contribution in [0.1, 0.15) is 99.3 Å². The molecule has 0 bridgehead atoms. The Bertz CT molecular complexity index is 999. The average molecular weight is 481 g/mol. The van der Waals surface area contributed by atoms with E-state index in [1.54, 1.807) is 35.7 Å². The van der Waals surface area contributed by atoms with Crippen LogP contribution in [0, 0.1) is 42.2 Å². The standard InChI is InChI=1S/C32H42F2O/c1-3-4-23-17-27-14-15-28(19-29(27)18-23)26-12-10-25(11-13-26)24-8-6-22(7-9-24)20-35-30-16-5-21(2)31(33)32(30)34/h5,14-16,19,22-26H,3-4,6-13,17-18,20H2,1-2H3. The monoisotopic (exact) mass is 480 g/mol. The fourth-order valence-electron chi connectivity index (χ4n) is 7.29. The van der Waals surface area contributed by atoms with Gasteiger partial charge in [0.15, 0.2) is 11.6 Å². The van der Waals surface area contributed by atoms with Gasteiger partial charge in [0.2, 0.25) is 5.82 Å². The van der Waals surface area contributed by atoms with Crippen LogP contribution < -0.4 is 4.74 Å². The van der Waals surface area contributed by atoms with E-state index in [1.807, 2.05) is 0 Å². The van der Waals surface area contributed by atoms with Crippen molar-refractivity contribution in [3.8, 4) is 5.75 Å². The predicted octanol–water partition coefficient (Wildman–Crippen LogP) is 8.95. The van der Waals surface area contributed by atoms with Gasteiger partial charge in [-0.25, -0.2) is 4.39 Å². The van der Waals surface area contributed by atoms with Gasteiger partial charge in [-0.2, -0.15) is 4.39 Å². The normalized spacial score (nSPS) is 28.6. The third-order valence-corrected chi connectivity index (χ3v) is 9.46. The van der Waals surface area contributed by atoms with Gasteiger partial charge in [-0.3, -0.25) is 0 Å². The van der Waals surface area contributed by atoms with Crippen LogP contribution in [0.15, 0.2) is 30.3 Å². The maximum atomic E-state index is 14.1. The lowest BCUT2D eigenvalue weighted by atomic mass is 9.68. The molecule has 1 atom stereocenters. The fourth-order valence-corrected chi connectivity index (χ4v) is 7.29. The van der Waals surface area contributed by atoms with E-state index in [2.05, 4.69) is 25.1 Å². The van der Waals surface area contributed by atoms with Crippen molar-refractivity contribution in [2.45, 2.75) is 96.8 Å². The summed E-state index contributed by atoms with van der Waals surface area (Å²) in [5.74, 6) is 2.18. The maximum Gasteiger partial charge on any atom is 0.200 e. The van der Waals surface area contributed by atoms with Gasteiger partial charge in [-0.05, 0) is 129 Å². The number of benzene rings is 2. The van der Waals surface area contributed by atoms with Crippen molar-refractivity contribution < 1.29 is 13.5 Å². The molecule has 2 fully saturated rings. The summed E-state index contributed by atoms with van der Waals surface area (Å²) in [6, 6.07) is 10.6. The molecule has 0 spiro atoms. The zero-order chi connectivity index (χ0) is 24.4. The Morgan fingerprint density at radius 3 is 2.17 bits per heavy atom. The molecule has 3 aliphatic carbocycles. The highest BCUT2D eigenvalue weighted by molar-refractivity contribution is 5.37. The molecule has 1 nitrogen and oxygen atoms in total. The topological polar surface area (TPSA) is 9.23 Å². The van der Waals surface area contributed by atoms with Gasteiger partial charge < -0.3 is 4.74 Å². The highest BCUT2D eigenvalue weighted by atomic mass is 19.2. The fraction of sp³-hybridized carbons (Fsp3) is 0.625. The molecular weight excluding hydrogens is 438 g/mol. The smallest absolute Gasteiger partial charge is 0.200 e. The molecule has 35 heavy (non-hydrogen) atoms. The number of ether oxygens (including phenoxy) is 1. The molecule has 2 aromatic carbocycles. The molecular formula is C32H42F2O. The minimum absolute atomic E-state index is 0.0565. The zero-order valence-electron chi connectivity index (χ0n) is 21.6. The Morgan fingerprint density at radius 2 is 1.46 bits per heavy atom. The van der Waals surface area contributed by atoms with E-state index in [4.69, 9.17) is 4.74 Å². The maximum absolute atomic E-state index is 14.1. The average Bonchev–Trinajstić information content (AvgIpc) is 3.29. The van der Waals surface area contributed by atoms with E-state index in [0.29, 0.717) is 18.1 Å². The second-order valence-electron chi connectivity index (χ2n) is 11.8. The van der Waals surface area contributed by atoms with Crippen molar-refractivity contribution in [1.82, 2.24) is 0 Å². The first-order chi connectivity index (χ1) is 17.0. The summed E-state index contributed by atoms with van der Waals surface area (Å²) < 4.78 is 33.6. The van der Waals surface area contributed by atoms with Crippen LogP contribution in [-0.4, -0.2) is 6.61 Å². The summed E-state index contributed by atoms with van der Waals surface area (Å²) in [7, 11) is 0. The Morgan fingerprint density at radius 1 is 0.771 bits per heavy atom. The number of hydrogen-bond donors (Lipinski definition) is 0. The Balaban J connectivity index is 1.07. The van der Waals surface area contributed by atoms with Crippen LogP contribution in [0.5, 0.6) is 5.75 Å². The highest BCUT2D eigenvalue weighted by Crippen LogP contribution is 2.44. The van der Waals surface area contributed by atoms with E-state index in [0.717, 1.165) is 36.5 Å². The number of fused-ring (bicyclic) bond motifs is 1. The lowest BCUT2D eigenvalue weighted by molar-refractivity contribution is 0.129. The van der Waals surface area contributed by atoms with Gasteiger partial charge in [0, 0.05) is 0 Å². The van der Waals surface area contributed by atoms with E-state index in [-0.39, 0.29) is 5.75 Å². The molecule has 1 unspecified atom stereocenters. The van der Waals surface area contributed by atoms with E-state index in [1.165, 1.54) is 64.2 Å². The molecule has 0 aliphatic heterocycles. The van der Waals surface area contributed by atoms with Crippen LogP contribution in [0.3, 0.4) is 0 Å². The van der Waals surface area contributed by atoms with Crippen LogP contribution in [0.25, 0.3) is 0 Å². The van der Waals surface area contributed by atoms with E-state index in [9.17, 15) is 8.78 Å². The van der Waals surface area contributed by atoms with Crippen LogP contribution in [-0.2, 0) is 12.8 Å². The summed E-state index contributed by atoms with van der Waals surface area (Å²) in [4.78, 5) is 0. The summed E-state index contributed by atoms with van der Waals surface area (Å²) >= 11 is 0. The summed E-state index contributed by atoms with van der Waals surface area (Å²) in [6.07, 6.45) is 15.4. The molecule has 0 aromatic heterocycles. The van der Waals surface area contributed by atoms with Crippen LogP contribution in [0.2, 0.25) is 0 Å². The summed E-state index contributed by atoms with van der Waals surface area (Å²) in [5.41, 5.74) is 5.16. The van der Waals surface area contributed by atoms with Crippen molar-refractivity contribution in [2.75, 3.05) is 6.61 Å². The molecule has 3 aliphatic rings. The number of aryl methyl sites for hydroxylation is 1. The second-order valence-corrected chi connectivity index (χ2v) is 11.8. The Kier molecular flexibility index (Phi) is 7.80. The zero-order valence-corrected chi connectivity index (χ0v) is 21.6. The first-order valence-electron chi connectivity index (χ1n) is 14.2. The lowest BCUT2D eigenvalue weighted by Crippen LogP contribution is -2.27. The predicted molar refractivity (Wildman–Crippen MR) is 139 cm³/mol. The molecule has 190 valence electrons. The molecule has 0 amide bonds. The Labute approximate surface area is 210 Å². The third-order valence-electron chi connectivity index (χ3n) is 9.46. The van der Waals surface area contributed by atoms with Gasteiger partial charge in [-0.1, -0.05) is 44.0 Å². The molecule has 3 heteroatoms. The molecule has 0 radical (unpaired) electrons. The van der Waals surface area contributed by atoms with Crippen LogP contribution >= 0.6 is 0 Å². The van der Waals surface area contributed by atoms with Crippen molar-refractivity contribution in [3.63, 3.8) is 0 Å². The molecule has 5 rings (SSSR count).